The molecule has 2 amide bonds. The minimum Gasteiger partial charge on any atom is -0.492 e. The van der Waals surface area contributed by atoms with Crippen LogP contribution >= 0.6 is 11.8 Å². The van der Waals surface area contributed by atoms with Crippen LogP contribution in [-0.2, 0) is 21.7 Å². The number of carboxylic acids is 1. The Labute approximate surface area is 253 Å². The number of carbonyl (C=O) groups is 2. The number of alkyl halides is 3. The summed E-state index contributed by atoms with van der Waals surface area (Å²) >= 11 is 1.72. The van der Waals surface area contributed by atoms with Gasteiger partial charge in [0, 0.05) is 25.3 Å². The van der Waals surface area contributed by atoms with Gasteiger partial charge in [0.1, 0.15) is 12.4 Å². The van der Waals surface area contributed by atoms with Crippen LogP contribution < -0.4 is 14.8 Å². The fourth-order valence-electron chi connectivity index (χ4n) is 4.04. The molecule has 0 saturated heterocycles. The first kappa shape index (κ1) is 33.6. The number of amides is 2. The molecular formula is C31H35F3N2O6S. The molecule has 0 saturated carbocycles. The number of nitrogens with one attached hydrogen (secondary N) is 1. The van der Waals surface area contributed by atoms with Crippen LogP contribution in [-0.4, -0.2) is 66.5 Å². The number of anilines is 1. The molecule has 232 valence electrons. The zero-order valence-corrected chi connectivity index (χ0v) is 24.5. The maximum Gasteiger partial charge on any atom is 0.573 e. The Morgan fingerprint density at radius 3 is 2.33 bits per heavy atom. The first-order valence-electron chi connectivity index (χ1n) is 13.7. The first-order chi connectivity index (χ1) is 20.6. The Balaban J connectivity index is 1.59. The van der Waals surface area contributed by atoms with E-state index in [1.807, 2.05) is 30.3 Å². The normalized spacial score (nSPS) is 11.9. The zero-order valence-electron chi connectivity index (χ0n) is 23.7. The Morgan fingerprint density at radius 2 is 1.65 bits per heavy atom. The lowest BCUT2D eigenvalue weighted by Crippen LogP contribution is -2.39. The van der Waals surface area contributed by atoms with Crippen LogP contribution in [0.2, 0.25) is 0 Å². The average molecular weight is 621 g/mol. The van der Waals surface area contributed by atoms with Crippen molar-refractivity contribution in [3.8, 4) is 11.5 Å². The van der Waals surface area contributed by atoms with E-state index in [9.17, 15) is 27.9 Å². The highest BCUT2D eigenvalue weighted by atomic mass is 32.2. The van der Waals surface area contributed by atoms with E-state index in [-0.39, 0.29) is 31.9 Å². The van der Waals surface area contributed by atoms with Gasteiger partial charge in [-0.05, 0) is 54.5 Å². The largest absolute Gasteiger partial charge is 0.573 e. The standard InChI is InChI=1S/C31H35F3N2O6S/c1-2-40-28(29(37)38)21-23-13-15-25(16-14-23)41-19-18-36(17-8-20-43-22-24-9-4-3-5-10-24)30(39)35-26-11-6-7-12-27(26)42-31(32,33)34/h3-7,9-16,28H,2,8,17-22H2,1H3,(H,35,39)(H,37,38). The van der Waals surface area contributed by atoms with Crippen molar-refractivity contribution in [3.63, 3.8) is 0 Å². The summed E-state index contributed by atoms with van der Waals surface area (Å²) in [7, 11) is 0. The summed E-state index contributed by atoms with van der Waals surface area (Å²) in [4.78, 5) is 26.0. The van der Waals surface area contributed by atoms with Crippen molar-refractivity contribution in [3.05, 3.63) is 90.0 Å². The van der Waals surface area contributed by atoms with Crippen molar-refractivity contribution in [1.82, 2.24) is 4.90 Å². The number of benzene rings is 3. The highest BCUT2D eigenvalue weighted by Gasteiger charge is 2.32. The number of thioether (sulfide) groups is 1. The number of nitrogens with zero attached hydrogens (tertiary/aromatic N) is 1. The van der Waals surface area contributed by atoms with Gasteiger partial charge in [-0.2, -0.15) is 11.8 Å². The minimum atomic E-state index is -4.91. The summed E-state index contributed by atoms with van der Waals surface area (Å²) in [6, 6.07) is 21.7. The molecule has 0 spiro atoms. The van der Waals surface area contributed by atoms with Crippen LogP contribution in [0.3, 0.4) is 0 Å². The van der Waals surface area contributed by atoms with E-state index in [1.165, 1.54) is 28.7 Å². The summed E-state index contributed by atoms with van der Waals surface area (Å²) in [5, 5.41) is 11.8. The third kappa shape index (κ3) is 12.5. The van der Waals surface area contributed by atoms with Crippen LogP contribution in [0.4, 0.5) is 23.7 Å². The maximum absolute atomic E-state index is 13.2. The summed E-state index contributed by atoms with van der Waals surface area (Å²) in [5.41, 5.74) is 1.86. The van der Waals surface area contributed by atoms with Gasteiger partial charge in [0.15, 0.2) is 11.9 Å². The topological polar surface area (TPSA) is 97.3 Å². The molecule has 3 aromatic carbocycles. The van der Waals surface area contributed by atoms with Crippen molar-refractivity contribution >= 4 is 29.4 Å². The molecule has 0 fully saturated rings. The molecule has 0 heterocycles. The number of hydrogen-bond acceptors (Lipinski definition) is 6. The average Bonchev–Trinajstić information content (AvgIpc) is 2.97. The van der Waals surface area contributed by atoms with E-state index in [4.69, 9.17) is 9.47 Å². The Hall–Kier alpha value is -3.90. The molecule has 0 aliphatic heterocycles. The quantitative estimate of drug-likeness (QED) is 0.159. The van der Waals surface area contributed by atoms with Crippen molar-refractivity contribution in [2.45, 2.75) is 38.0 Å². The summed E-state index contributed by atoms with van der Waals surface area (Å²) in [6.07, 6.45) is -4.98. The van der Waals surface area contributed by atoms with Gasteiger partial charge in [0.25, 0.3) is 0 Å². The van der Waals surface area contributed by atoms with Gasteiger partial charge in [-0.15, -0.1) is 13.2 Å². The van der Waals surface area contributed by atoms with Gasteiger partial charge >= 0.3 is 18.4 Å². The lowest BCUT2D eigenvalue weighted by atomic mass is 10.1. The summed E-state index contributed by atoms with van der Waals surface area (Å²) in [6.45, 7) is 2.67. The number of urea groups is 1. The van der Waals surface area contributed by atoms with E-state index in [2.05, 4.69) is 10.1 Å². The molecule has 2 N–H and O–H groups in total. The molecule has 0 aromatic heterocycles. The van der Waals surface area contributed by atoms with Crippen LogP contribution in [0.1, 0.15) is 24.5 Å². The lowest BCUT2D eigenvalue weighted by Gasteiger charge is -2.24. The molecule has 1 unspecified atom stereocenters. The number of hydrogen-bond donors (Lipinski definition) is 2. The van der Waals surface area contributed by atoms with Gasteiger partial charge in [-0.25, -0.2) is 9.59 Å². The first-order valence-corrected chi connectivity index (χ1v) is 14.9. The van der Waals surface area contributed by atoms with Crippen molar-refractivity contribution < 1.29 is 42.1 Å². The van der Waals surface area contributed by atoms with Crippen LogP contribution in [0.5, 0.6) is 11.5 Å². The number of aliphatic carboxylic acids is 1. The van der Waals surface area contributed by atoms with Gasteiger partial charge in [0.2, 0.25) is 0 Å². The number of carboxylic acid groups (broad SMARTS) is 1. The molecule has 0 bridgehead atoms. The fraction of sp³-hybridized carbons (Fsp3) is 0.355. The molecular weight excluding hydrogens is 585 g/mol. The maximum atomic E-state index is 13.2. The van der Waals surface area contributed by atoms with E-state index in [1.54, 1.807) is 43.0 Å². The number of ether oxygens (including phenoxy) is 3. The highest BCUT2D eigenvalue weighted by Crippen LogP contribution is 2.30. The predicted octanol–water partition coefficient (Wildman–Crippen LogP) is 6.85. The second-order valence-electron chi connectivity index (χ2n) is 9.33. The summed E-state index contributed by atoms with van der Waals surface area (Å²) < 4.78 is 53.7. The van der Waals surface area contributed by atoms with Crippen LogP contribution in [0.15, 0.2) is 78.9 Å². The van der Waals surface area contributed by atoms with Gasteiger partial charge in [-0.1, -0.05) is 54.6 Å². The van der Waals surface area contributed by atoms with Crippen LogP contribution in [0.25, 0.3) is 0 Å². The van der Waals surface area contributed by atoms with E-state index in [0.717, 1.165) is 23.1 Å². The highest BCUT2D eigenvalue weighted by molar-refractivity contribution is 7.98. The lowest BCUT2D eigenvalue weighted by molar-refractivity contribution is -0.274. The van der Waals surface area contributed by atoms with E-state index in [0.29, 0.717) is 18.7 Å². The SMILES string of the molecule is CCOC(Cc1ccc(OCCN(CCCSCc2ccccc2)C(=O)Nc2ccccc2OC(F)(F)F)cc1)C(=O)O. The van der Waals surface area contributed by atoms with Gasteiger partial charge in [-0.3, -0.25) is 0 Å². The molecule has 0 radical (unpaired) electrons. The monoisotopic (exact) mass is 620 g/mol. The third-order valence-corrected chi connectivity index (χ3v) is 7.20. The van der Waals surface area contributed by atoms with Crippen molar-refractivity contribution in [2.24, 2.45) is 0 Å². The van der Waals surface area contributed by atoms with E-state index < -0.39 is 30.2 Å². The summed E-state index contributed by atoms with van der Waals surface area (Å²) in [5.74, 6) is 0.578. The molecule has 3 aromatic rings. The molecule has 8 nitrogen and oxygen atoms in total. The Bertz CT molecular complexity index is 1280. The van der Waals surface area contributed by atoms with Crippen molar-refractivity contribution in [1.29, 1.82) is 0 Å². The number of halogens is 3. The number of carbonyl (C=O) groups excluding carboxylic acids is 1. The molecule has 1 atom stereocenters. The molecule has 43 heavy (non-hydrogen) atoms. The molecule has 0 aliphatic carbocycles. The Kier molecular flexibility index (Phi) is 13.5. The van der Waals surface area contributed by atoms with E-state index >= 15 is 0 Å². The smallest absolute Gasteiger partial charge is 0.492 e. The molecule has 0 aliphatic rings. The second-order valence-corrected chi connectivity index (χ2v) is 10.4. The third-order valence-electron chi connectivity index (χ3n) is 6.09. The van der Waals surface area contributed by atoms with Crippen LogP contribution in [0, 0.1) is 0 Å². The van der Waals surface area contributed by atoms with Gasteiger partial charge < -0.3 is 29.5 Å². The fourth-order valence-corrected chi connectivity index (χ4v) is 4.95. The molecule has 12 heteroatoms. The minimum absolute atomic E-state index is 0.100. The second kappa shape index (κ2) is 17.3. The number of para-hydroxylation sites is 2. The Morgan fingerprint density at radius 1 is 0.953 bits per heavy atom. The predicted molar refractivity (Wildman–Crippen MR) is 160 cm³/mol. The zero-order chi connectivity index (χ0) is 31.1. The van der Waals surface area contributed by atoms with Gasteiger partial charge in [0.05, 0.1) is 12.2 Å². The number of rotatable bonds is 17. The van der Waals surface area contributed by atoms with Crippen molar-refractivity contribution in [2.75, 3.05) is 37.4 Å². The molecule has 3 rings (SSSR count).